The highest BCUT2D eigenvalue weighted by Crippen LogP contribution is 2.44. The van der Waals surface area contributed by atoms with Crippen molar-refractivity contribution in [1.29, 1.82) is 0 Å². The molecule has 378 valence electrons. The number of benzene rings is 5. The Morgan fingerprint density at radius 3 is 1.00 bits per heavy atom. The molecular formula is C60H72N6O6. The molecule has 72 heavy (non-hydrogen) atoms. The lowest BCUT2D eigenvalue weighted by Gasteiger charge is -2.28. The van der Waals surface area contributed by atoms with Crippen molar-refractivity contribution in [2.75, 3.05) is 13.2 Å². The van der Waals surface area contributed by atoms with Gasteiger partial charge in [-0.15, -0.1) is 10.2 Å². The third-order valence-electron chi connectivity index (χ3n) is 13.9. The molecule has 0 atom stereocenters. The number of hydrogen-bond donors (Lipinski definition) is 2. The van der Waals surface area contributed by atoms with Crippen LogP contribution in [0.2, 0.25) is 0 Å². The van der Waals surface area contributed by atoms with E-state index in [1.54, 1.807) is 9.36 Å². The molecule has 0 fully saturated rings. The van der Waals surface area contributed by atoms with Crippen LogP contribution in [0.3, 0.4) is 0 Å². The lowest BCUT2D eigenvalue weighted by atomic mass is 9.79. The summed E-state index contributed by atoms with van der Waals surface area (Å²) in [5.74, 6) is 3.12. The molecule has 2 aromatic heterocycles. The SMILES string of the molecule is CC(C)(C)c1cc2c(O)c(c1)Cc1cc(C(C)(C)C)cc3c1OCc1cn(nn1)CCOc1ccccc1OCCn1cc(nn1)COc1c(cc(C(C)(C)C)cc1Cc1cc(C(C)(C)C)cc(c1O)C3)C2. The first-order valence-electron chi connectivity index (χ1n) is 25.4. The largest absolute Gasteiger partial charge is 0.507 e. The fourth-order valence-electron chi connectivity index (χ4n) is 9.52. The van der Waals surface area contributed by atoms with Crippen molar-refractivity contribution in [3.63, 3.8) is 0 Å². The predicted octanol–water partition coefficient (Wildman–Crippen LogP) is 11.8. The zero-order valence-corrected chi connectivity index (χ0v) is 44.4. The summed E-state index contributed by atoms with van der Waals surface area (Å²) in [5, 5.41) is 43.5. The first-order valence-corrected chi connectivity index (χ1v) is 25.4. The standard InChI is InChI=1S/C60H72N6O6/c1-57(2,3)45-25-37-21-41-29-47(59(7,8)9)31-43-23-39-27-46(58(4,5)6)28-40(54(39)68)24-44-32-48(60(10,11)12)30-42(22-38(26-45)53(37)67)56(44)72-36-50-34-66(64-62-50)18-20-70-52-16-14-13-15-51(52)69-19-17-65-33-49(61-63-65)35-71-55(41)43/h13-16,25-34,67-68H,17-24,35-36H2,1-12H3. The number of hydrogen-bond acceptors (Lipinski definition) is 10. The number of phenols is 2. The summed E-state index contributed by atoms with van der Waals surface area (Å²) in [4.78, 5) is 0. The van der Waals surface area contributed by atoms with E-state index in [1.807, 2.05) is 36.7 Å². The Hall–Kier alpha value is -6.82. The Bertz CT molecular complexity index is 2810. The fraction of sp³-hybridized carbons (Fsp3) is 0.433. The number of phenolic OH excluding ortho intramolecular Hbond substituents is 2. The summed E-state index contributed by atoms with van der Waals surface area (Å²) in [6, 6.07) is 25.2. The number of para-hydroxylation sites is 2. The monoisotopic (exact) mass is 973 g/mol. The molecule has 1 aliphatic carbocycles. The first kappa shape index (κ1) is 50.1. The number of rotatable bonds is 0. The molecule has 14 bridgehead atoms. The smallest absolute Gasteiger partial charge is 0.161 e. The van der Waals surface area contributed by atoms with Gasteiger partial charge in [-0.3, -0.25) is 0 Å². The minimum Gasteiger partial charge on any atom is -0.507 e. The lowest BCUT2D eigenvalue weighted by Crippen LogP contribution is -2.16. The number of aromatic nitrogens is 6. The molecule has 12 nitrogen and oxygen atoms in total. The fourth-order valence-corrected chi connectivity index (χ4v) is 9.52. The second-order valence-electron chi connectivity index (χ2n) is 23.9. The molecule has 5 aromatic carbocycles. The van der Waals surface area contributed by atoms with Crippen LogP contribution < -0.4 is 18.9 Å². The average Bonchev–Trinajstić information content (AvgIpc) is 3.96. The molecule has 2 aliphatic heterocycles. The summed E-state index contributed by atoms with van der Waals surface area (Å²) in [6.45, 7) is 28.5. The van der Waals surface area contributed by atoms with Crippen LogP contribution in [0.25, 0.3) is 0 Å². The molecule has 0 unspecified atom stereocenters. The van der Waals surface area contributed by atoms with Crippen molar-refractivity contribution in [3.8, 4) is 34.5 Å². The minimum atomic E-state index is -0.242. The Morgan fingerprint density at radius 2 is 0.708 bits per heavy atom. The highest BCUT2D eigenvalue weighted by Gasteiger charge is 2.29. The maximum Gasteiger partial charge on any atom is 0.161 e. The van der Waals surface area contributed by atoms with Crippen LogP contribution in [0.1, 0.15) is 161 Å². The molecule has 0 saturated heterocycles. The van der Waals surface area contributed by atoms with Gasteiger partial charge >= 0.3 is 0 Å². The Labute approximate surface area is 425 Å². The molecule has 0 radical (unpaired) electrons. The van der Waals surface area contributed by atoms with Crippen LogP contribution in [-0.4, -0.2) is 53.4 Å². The van der Waals surface area contributed by atoms with E-state index in [0.29, 0.717) is 86.4 Å². The second kappa shape index (κ2) is 19.3. The predicted molar refractivity (Wildman–Crippen MR) is 281 cm³/mol. The zero-order chi connectivity index (χ0) is 51.3. The van der Waals surface area contributed by atoms with Gasteiger partial charge in [-0.25, -0.2) is 9.36 Å². The third-order valence-corrected chi connectivity index (χ3v) is 13.9. The van der Waals surface area contributed by atoms with Gasteiger partial charge in [0.2, 0.25) is 0 Å². The minimum absolute atomic E-state index is 0.144. The summed E-state index contributed by atoms with van der Waals surface area (Å²) < 4.78 is 30.0. The number of aromatic hydroxyl groups is 2. The zero-order valence-electron chi connectivity index (χ0n) is 44.4. The van der Waals surface area contributed by atoms with Crippen LogP contribution >= 0.6 is 0 Å². The quantitative estimate of drug-likeness (QED) is 0.151. The average molecular weight is 973 g/mol. The molecule has 0 amide bonds. The van der Waals surface area contributed by atoms with E-state index >= 15 is 0 Å². The number of fused-ring (bicyclic) bond motifs is 6. The van der Waals surface area contributed by atoms with E-state index in [0.717, 1.165) is 66.8 Å². The van der Waals surface area contributed by atoms with Gasteiger partial charge < -0.3 is 29.2 Å². The van der Waals surface area contributed by atoms with Crippen molar-refractivity contribution in [1.82, 2.24) is 30.0 Å². The van der Waals surface area contributed by atoms with Crippen LogP contribution in [0.4, 0.5) is 0 Å². The van der Waals surface area contributed by atoms with Gasteiger partial charge in [0.15, 0.2) is 11.5 Å². The van der Waals surface area contributed by atoms with E-state index in [4.69, 9.17) is 18.9 Å². The molecule has 12 heteroatoms. The van der Waals surface area contributed by atoms with Crippen molar-refractivity contribution < 1.29 is 29.2 Å². The molecule has 4 heterocycles. The second-order valence-corrected chi connectivity index (χ2v) is 23.9. The molecule has 0 saturated carbocycles. The van der Waals surface area contributed by atoms with E-state index < -0.39 is 0 Å². The maximum absolute atomic E-state index is 12.7. The van der Waals surface area contributed by atoms with E-state index in [9.17, 15) is 10.2 Å². The number of ether oxygens (including phenoxy) is 4. The molecular weight excluding hydrogens is 901 g/mol. The van der Waals surface area contributed by atoms with Gasteiger partial charge in [0, 0.05) is 25.7 Å². The topological polar surface area (TPSA) is 139 Å². The van der Waals surface area contributed by atoms with Gasteiger partial charge in [-0.05, 0) is 101 Å². The Kier molecular flexibility index (Phi) is 13.4. The summed E-state index contributed by atoms with van der Waals surface area (Å²) in [6.07, 6.45) is 5.32. The summed E-state index contributed by atoms with van der Waals surface area (Å²) >= 11 is 0. The summed E-state index contributed by atoms with van der Waals surface area (Å²) in [7, 11) is 0. The Morgan fingerprint density at radius 1 is 0.417 bits per heavy atom. The van der Waals surface area contributed by atoms with Crippen LogP contribution in [0.5, 0.6) is 34.5 Å². The molecule has 7 aromatic rings. The molecule has 2 N–H and O–H groups in total. The van der Waals surface area contributed by atoms with Gasteiger partial charge in [0.05, 0.1) is 25.5 Å². The number of nitrogens with zero attached hydrogens (tertiary/aromatic N) is 6. The van der Waals surface area contributed by atoms with Gasteiger partial charge in [0.25, 0.3) is 0 Å². The van der Waals surface area contributed by atoms with Crippen molar-refractivity contribution in [2.24, 2.45) is 0 Å². The first-order chi connectivity index (χ1) is 34.0. The molecule has 0 spiro atoms. The summed E-state index contributed by atoms with van der Waals surface area (Å²) in [5.41, 5.74) is 11.7. The van der Waals surface area contributed by atoms with E-state index in [-0.39, 0.29) is 46.4 Å². The van der Waals surface area contributed by atoms with Crippen LogP contribution in [0.15, 0.2) is 85.2 Å². The van der Waals surface area contributed by atoms with Gasteiger partial charge in [-0.1, -0.05) is 154 Å². The lowest BCUT2D eigenvalue weighted by molar-refractivity contribution is 0.246. The van der Waals surface area contributed by atoms with E-state index in [1.165, 1.54) is 0 Å². The Balaban J connectivity index is 1.30. The van der Waals surface area contributed by atoms with Crippen LogP contribution in [-0.2, 0) is 73.6 Å². The normalized spacial score (nSPS) is 14.9. The highest BCUT2D eigenvalue weighted by molar-refractivity contribution is 5.59. The van der Waals surface area contributed by atoms with Gasteiger partial charge in [0.1, 0.15) is 60.8 Å². The van der Waals surface area contributed by atoms with Crippen molar-refractivity contribution in [2.45, 2.75) is 157 Å². The van der Waals surface area contributed by atoms with E-state index in [2.05, 4.69) is 152 Å². The van der Waals surface area contributed by atoms with Gasteiger partial charge in [-0.2, -0.15) is 0 Å². The van der Waals surface area contributed by atoms with Crippen LogP contribution in [0, 0.1) is 0 Å². The van der Waals surface area contributed by atoms with Crippen molar-refractivity contribution in [3.05, 3.63) is 163 Å². The van der Waals surface area contributed by atoms with Crippen molar-refractivity contribution >= 4 is 0 Å². The third kappa shape index (κ3) is 11.1. The highest BCUT2D eigenvalue weighted by atomic mass is 16.5. The molecule has 10 rings (SSSR count). The maximum atomic E-state index is 12.7. The molecule has 3 aliphatic rings.